The van der Waals surface area contributed by atoms with Crippen LogP contribution in [0.3, 0.4) is 0 Å². The van der Waals surface area contributed by atoms with Crippen LogP contribution >= 0.6 is 0 Å². The van der Waals surface area contributed by atoms with Gasteiger partial charge in [-0.25, -0.2) is 0 Å². The number of para-hydroxylation sites is 4. The molecule has 114 valence electrons. The number of benzene rings is 3. The Hall–Kier alpha value is -3.14. The zero-order valence-electron chi connectivity index (χ0n) is 12.2. The summed E-state index contributed by atoms with van der Waals surface area (Å²) in [7, 11) is 0. The molecule has 0 radical (unpaired) electrons. The van der Waals surface area contributed by atoms with Gasteiger partial charge < -0.3 is 18.9 Å². The molecule has 3 aromatic carbocycles. The van der Waals surface area contributed by atoms with Crippen LogP contribution in [0.2, 0.25) is 0 Å². The lowest BCUT2D eigenvalue weighted by Gasteiger charge is -2.26. The zero-order valence-corrected chi connectivity index (χ0v) is 12.2. The highest BCUT2D eigenvalue weighted by Crippen LogP contribution is 2.40. The Morgan fingerprint density at radius 1 is 0.522 bits per heavy atom. The van der Waals surface area contributed by atoms with Crippen molar-refractivity contribution in [3.63, 3.8) is 0 Å². The molecule has 0 unspecified atom stereocenters. The predicted octanol–water partition coefficient (Wildman–Crippen LogP) is 4.23. The summed E-state index contributed by atoms with van der Waals surface area (Å²) in [4.78, 5) is 0. The summed E-state index contributed by atoms with van der Waals surface area (Å²) in [5.74, 6) is 2.30. The third-order valence-electron chi connectivity index (χ3n) is 3.29. The van der Waals surface area contributed by atoms with E-state index in [2.05, 4.69) is 0 Å². The van der Waals surface area contributed by atoms with Crippen LogP contribution < -0.4 is 18.9 Å². The molecular formula is C19H14O4. The summed E-state index contributed by atoms with van der Waals surface area (Å²) in [6.07, 6.45) is -1.69. The lowest BCUT2D eigenvalue weighted by Crippen LogP contribution is -2.50. The van der Waals surface area contributed by atoms with Crippen LogP contribution in [0.5, 0.6) is 23.0 Å². The molecule has 0 aliphatic carbocycles. The Morgan fingerprint density at radius 2 is 0.913 bits per heavy atom. The largest absolute Gasteiger partial charge is 0.611 e. The predicted molar refractivity (Wildman–Crippen MR) is 84.6 cm³/mol. The Balaban J connectivity index is 1.67. The molecule has 0 bridgehead atoms. The van der Waals surface area contributed by atoms with Crippen molar-refractivity contribution in [3.8, 4) is 23.0 Å². The average Bonchev–Trinajstić information content (AvgIpc) is 2.94. The van der Waals surface area contributed by atoms with E-state index in [1.54, 1.807) is 12.1 Å². The van der Waals surface area contributed by atoms with Gasteiger partial charge in [-0.2, -0.15) is 0 Å². The standard InChI is InChI=1S/C19H14O4/c1-3-9-15(10-4-1)20-19(21-16-11-5-2-6-12-16)22-17-13-7-8-14-18(17)23-19/h1-14H. The number of hydrogen-bond donors (Lipinski definition) is 0. The molecule has 0 fully saturated rings. The first-order chi connectivity index (χ1) is 11.3. The number of ether oxygens (including phenoxy) is 4. The van der Waals surface area contributed by atoms with Gasteiger partial charge in [-0.3, -0.25) is 0 Å². The van der Waals surface area contributed by atoms with Gasteiger partial charge in [0.15, 0.2) is 11.5 Å². The minimum atomic E-state index is -1.69. The lowest BCUT2D eigenvalue weighted by atomic mass is 10.3. The van der Waals surface area contributed by atoms with E-state index in [0.717, 1.165) is 0 Å². The molecule has 0 saturated heterocycles. The van der Waals surface area contributed by atoms with E-state index in [9.17, 15) is 0 Å². The van der Waals surface area contributed by atoms with Gasteiger partial charge in [0.05, 0.1) is 0 Å². The first-order valence-electron chi connectivity index (χ1n) is 7.28. The van der Waals surface area contributed by atoms with E-state index in [1.165, 1.54) is 0 Å². The minimum Gasteiger partial charge on any atom is -0.386 e. The van der Waals surface area contributed by atoms with E-state index >= 15 is 0 Å². The summed E-state index contributed by atoms with van der Waals surface area (Å²) in [6, 6.07) is 25.9. The molecule has 0 aromatic heterocycles. The third-order valence-corrected chi connectivity index (χ3v) is 3.29. The maximum absolute atomic E-state index is 5.88. The number of fused-ring (bicyclic) bond motifs is 1. The van der Waals surface area contributed by atoms with Gasteiger partial charge in [-0.05, 0) is 36.4 Å². The van der Waals surface area contributed by atoms with Crippen molar-refractivity contribution in [2.24, 2.45) is 0 Å². The summed E-state index contributed by atoms with van der Waals surface area (Å²) in [5, 5.41) is 0. The quantitative estimate of drug-likeness (QED) is 0.676. The number of rotatable bonds is 4. The topological polar surface area (TPSA) is 36.9 Å². The second kappa shape index (κ2) is 5.57. The monoisotopic (exact) mass is 306 g/mol. The first kappa shape index (κ1) is 13.5. The smallest absolute Gasteiger partial charge is 0.386 e. The molecular weight excluding hydrogens is 292 g/mol. The van der Waals surface area contributed by atoms with Crippen LogP contribution in [0.4, 0.5) is 0 Å². The Kier molecular flexibility index (Phi) is 3.27. The van der Waals surface area contributed by atoms with Crippen molar-refractivity contribution in [2.45, 2.75) is 6.16 Å². The molecule has 3 aromatic rings. The van der Waals surface area contributed by atoms with Gasteiger partial charge in [0, 0.05) is 0 Å². The second-order valence-electron chi connectivity index (χ2n) is 4.98. The molecule has 0 spiro atoms. The third kappa shape index (κ3) is 2.79. The molecule has 4 nitrogen and oxygen atoms in total. The lowest BCUT2D eigenvalue weighted by molar-refractivity contribution is -0.349. The molecule has 0 atom stereocenters. The summed E-state index contributed by atoms with van der Waals surface area (Å²) < 4.78 is 23.4. The van der Waals surface area contributed by atoms with Gasteiger partial charge in [0.25, 0.3) is 0 Å². The highest BCUT2D eigenvalue weighted by Gasteiger charge is 2.49. The van der Waals surface area contributed by atoms with E-state index in [1.807, 2.05) is 72.8 Å². The molecule has 23 heavy (non-hydrogen) atoms. The van der Waals surface area contributed by atoms with E-state index < -0.39 is 6.16 Å². The van der Waals surface area contributed by atoms with Crippen molar-refractivity contribution in [1.82, 2.24) is 0 Å². The zero-order chi connectivity index (χ0) is 15.5. The maximum Gasteiger partial charge on any atom is 0.611 e. The molecule has 0 saturated carbocycles. The molecule has 0 N–H and O–H groups in total. The van der Waals surface area contributed by atoms with Crippen LogP contribution in [0.25, 0.3) is 0 Å². The fraction of sp³-hybridized carbons (Fsp3) is 0.0526. The number of hydrogen-bond acceptors (Lipinski definition) is 4. The van der Waals surface area contributed by atoms with Gasteiger partial charge in [-0.15, -0.1) is 0 Å². The normalized spacial score (nSPS) is 14.3. The Labute approximate surface area is 133 Å². The van der Waals surface area contributed by atoms with Gasteiger partial charge >= 0.3 is 6.16 Å². The van der Waals surface area contributed by atoms with Crippen molar-refractivity contribution in [2.75, 3.05) is 0 Å². The van der Waals surface area contributed by atoms with Crippen LogP contribution in [-0.4, -0.2) is 6.16 Å². The van der Waals surface area contributed by atoms with Crippen LogP contribution in [0.1, 0.15) is 0 Å². The average molecular weight is 306 g/mol. The van der Waals surface area contributed by atoms with E-state index in [4.69, 9.17) is 18.9 Å². The van der Waals surface area contributed by atoms with Crippen molar-refractivity contribution >= 4 is 0 Å². The van der Waals surface area contributed by atoms with E-state index in [-0.39, 0.29) is 0 Å². The Bertz CT molecular complexity index is 718. The molecule has 1 heterocycles. The highest BCUT2D eigenvalue weighted by molar-refractivity contribution is 5.42. The molecule has 4 heteroatoms. The van der Waals surface area contributed by atoms with Gasteiger partial charge in [-0.1, -0.05) is 48.5 Å². The van der Waals surface area contributed by atoms with Crippen LogP contribution in [-0.2, 0) is 0 Å². The van der Waals surface area contributed by atoms with Crippen molar-refractivity contribution in [3.05, 3.63) is 84.9 Å². The van der Waals surface area contributed by atoms with Crippen molar-refractivity contribution < 1.29 is 18.9 Å². The molecule has 0 amide bonds. The SMILES string of the molecule is c1ccc(OC2(Oc3ccccc3)Oc3ccccc3O2)cc1. The summed E-state index contributed by atoms with van der Waals surface area (Å²) in [6.45, 7) is 0. The van der Waals surface area contributed by atoms with Crippen LogP contribution in [0, 0.1) is 0 Å². The van der Waals surface area contributed by atoms with Crippen LogP contribution in [0.15, 0.2) is 84.9 Å². The molecule has 4 rings (SSSR count). The van der Waals surface area contributed by atoms with Crippen molar-refractivity contribution in [1.29, 1.82) is 0 Å². The molecule has 1 aliphatic rings. The maximum atomic E-state index is 5.88. The molecule has 1 aliphatic heterocycles. The fourth-order valence-electron chi connectivity index (χ4n) is 2.28. The summed E-state index contributed by atoms with van der Waals surface area (Å²) >= 11 is 0. The first-order valence-corrected chi connectivity index (χ1v) is 7.28. The summed E-state index contributed by atoms with van der Waals surface area (Å²) in [5.41, 5.74) is 0. The second-order valence-corrected chi connectivity index (χ2v) is 4.98. The Morgan fingerprint density at radius 3 is 1.35 bits per heavy atom. The fourth-order valence-corrected chi connectivity index (χ4v) is 2.28. The van der Waals surface area contributed by atoms with E-state index in [0.29, 0.717) is 23.0 Å². The van der Waals surface area contributed by atoms with Gasteiger partial charge in [0.1, 0.15) is 11.5 Å². The van der Waals surface area contributed by atoms with Gasteiger partial charge in [0.2, 0.25) is 0 Å². The minimum absolute atomic E-state index is 0.569. The highest BCUT2D eigenvalue weighted by atomic mass is 17.0.